The maximum Gasteiger partial charge on any atom is 0.257 e. The lowest BCUT2D eigenvalue weighted by Gasteiger charge is -2.11. The topological polar surface area (TPSA) is 54.0 Å². The van der Waals surface area contributed by atoms with Crippen molar-refractivity contribution in [3.8, 4) is 0 Å². The lowest BCUT2D eigenvalue weighted by atomic mass is 10.2. The lowest BCUT2D eigenvalue weighted by Crippen LogP contribution is -2.14. The molecule has 0 saturated carbocycles. The number of amides is 1. The van der Waals surface area contributed by atoms with Crippen LogP contribution in [0.4, 0.5) is 11.5 Å². The SMILES string of the molecule is CCNc1cc(C(=O)Nc2cc(Cl)ccc2C)c(Cl)cn1. The van der Waals surface area contributed by atoms with Gasteiger partial charge in [-0.1, -0.05) is 29.3 Å². The summed E-state index contributed by atoms with van der Waals surface area (Å²) in [6.07, 6.45) is 1.46. The van der Waals surface area contributed by atoms with Crippen molar-refractivity contribution in [1.82, 2.24) is 4.98 Å². The van der Waals surface area contributed by atoms with Gasteiger partial charge in [-0.05, 0) is 37.6 Å². The minimum atomic E-state index is -0.299. The summed E-state index contributed by atoms with van der Waals surface area (Å²) in [5.41, 5.74) is 1.94. The second kappa shape index (κ2) is 6.78. The number of carbonyl (C=O) groups excluding carboxylic acids is 1. The van der Waals surface area contributed by atoms with Gasteiger partial charge in [0.25, 0.3) is 5.91 Å². The van der Waals surface area contributed by atoms with Crippen LogP contribution in [-0.4, -0.2) is 17.4 Å². The molecule has 2 N–H and O–H groups in total. The van der Waals surface area contributed by atoms with Gasteiger partial charge in [-0.25, -0.2) is 4.98 Å². The Hall–Kier alpha value is -1.78. The maximum absolute atomic E-state index is 12.4. The fraction of sp³-hybridized carbons (Fsp3) is 0.200. The number of halogens is 2. The Morgan fingerprint density at radius 2 is 2.05 bits per heavy atom. The summed E-state index contributed by atoms with van der Waals surface area (Å²) in [4.78, 5) is 16.5. The monoisotopic (exact) mass is 323 g/mol. The highest BCUT2D eigenvalue weighted by molar-refractivity contribution is 6.34. The number of rotatable bonds is 4. The van der Waals surface area contributed by atoms with Crippen LogP contribution in [0.5, 0.6) is 0 Å². The average molecular weight is 324 g/mol. The molecule has 0 unspecified atom stereocenters. The molecule has 110 valence electrons. The number of nitrogens with zero attached hydrogens (tertiary/aromatic N) is 1. The van der Waals surface area contributed by atoms with Gasteiger partial charge in [0.05, 0.1) is 10.6 Å². The molecule has 0 fully saturated rings. The molecule has 0 atom stereocenters. The van der Waals surface area contributed by atoms with E-state index in [4.69, 9.17) is 23.2 Å². The minimum absolute atomic E-state index is 0.299. The normalized spacial score (nSPS) is 10.3. The highest BCUT2D eigenvalue weighted by Crippen LogP contribution is 2.23. The summed E-state index contributed by atoms with van der Waals surface area (Å²) < 4.78 is 0. The highest BCUT2D eigenvalue weighted by atomic mass is 35.5. The molecule has 0 aliphatic carbocycles. The molecule has 1 heterocycles. The van der Waals surface area contributed by atoms with Gasteiger partial charge in [0.15, 0.2) is 0 Å². The molecule has 1 amide bonds. The third-order valence-electron chi connectivity index (χ3n) is 2.91. The number of nitrogens with one attached hydrogen (secondary N) is 2. The van der Waals surface area contributed by atoms with Gasteiger partial charge in [-0.15, -0.1) is 0 Å². The van der Waals surface area contributed by atoms with Crippen molar-refractivity contribution in [3.05, 3.63) is 51.6 Å². The Balaban J connectivity index is 2.27. The molecule has 0 aliphatic heterocycles. The zero-order chi connectivity index (χ0) is 15.4. The smallest absolute Gasteiger partial charge is 0.257 e. The molecule has 6 heteroatoms. The quantitative estimate of drug-likeness (QED) is 0.877. The molecule has 0 aliphatic rings. The van der Waals surface area contributed by atoms with Gasteiger partial charge in [0.1, 0.15) is 5.82 Å². The number of aromatic nitrogens is 1. The van der Waals surface area contributed by atoms with Crippen molar-refractivity contribution in [1.29, 1.82) is 0 Å². The van der Waals surface area contributed by atoms with Crippen LogP contribution in [0.2, 0.25) is 10.0 Å². The molecule has 2 rings (SSSR count). The van der Waals surface area contributed by atoms with E-state index in [9.17, 15) is 4.79 Å². The van der Waals surface area contributed by atoms with E-state index in [2.05, 4.69) is 15.6 Å². The van der Waals surface area contributed by atoms with E-state index in [0.29, 0.717) is 33.7 Å². The predicted octanol–water partition coefficient (Wildman–Crippen LogP) is 4.38. The second-order valence-corrected chi connectivity index (χ2v) is 5.34. The van der Waals surface area contributed by atoms with E-state index >= 15 is 0 Å². The fourth-order valence-electron chi connectivity index (χ4n) is 1.81. The second-order valence-electron chi connectivity index (χ2n) is 4.49. The van der Waals surface area contributed by atoms with E-state index in [1.807, 2.05) is 19.9 Å². The lowest BCUT2D eigenvalue weighted by molar-refractivity contribution is 0.102. The number of hydrogen-bond acceptors (Lipinski definition) is 3. The Labute approximate surface area is 133 Å². The van der Waals surface area contributed by atoms with Crippen molar-refractivity contribution >= 4 is 40.6 Å². The van der Waals surface area contributed by atoms with Crippen LogP contribution in [0.3, 0.4) is 0 Å². The van der Waals surface area contributed by atoms with E-state index in [0.717, 1.165) is 5.56 Å². The van der Waals surface area contributed by atoms with E-state index in [1.165, 1.54) is 6.20 Å². The first-order valence-electron chi connectivity index (χ1n) is 6.48. The summed E-state index contributed by atoms with van der Waals surface area (Å²) >= 11 is 12.0. The van der Waals surface area contributed by atoms with Crippen LogP contribution in [0.1, 0.15) is 22.8 Å². The van der Waals surface area contributed by atoms with Crippen LogP contribution in [-0.2, 0) is 0 Å². The summed E-state index contributed by atoms with van der Waals surface area (Å²) in [7, 11) is 0. The number of anilines is 2. The fourth-order valence-corrected chi connectivity index (χ4v) is 2.17. The third kappa shape index (κ3) is 3.86. The molecular weight excluding hydrogens is 309 g/mol. The van der Waals surface area contributed by atoms with Gasteiger partial charge in [-0.2, -0.15) is 0 Å². The Morgan fingerprint density at radius 1 is 1.29 bits per heavy atom. The molecule has 1 aromatic carbocycles. The average Bonchev–Trinajstić information content (AvgIpc) is 2.45. The third-order valence-corrected chi connectivity index (χ3v) is 3.44. The molecular formula is C15H15Cl2N3O. The first-order valence-corrected chi connectivity index (χ1v) is 7.23. The number of benzene rings is 1. The molecule has 4 nitrogen and oxygen atoms in total. The zero-order valence-electron chi connectivity index (χ0n) is 11.7. The number of pyridine rings is 1. The highest BCUT2D eigenvalue weighted by Gasteiger charge is 2.13. The molecule has 0 saturated heterocycles. The maximum atomic E-state index is 12.4. The Kier molecular flexibility index (Phi) is 5.04. The first kappa shape index (κ1) is 15.6. The van der Waals surface area contributed by atoms with Crippen molar-refractivity contribution < 1.29 is 4.79 Å². The summed E-state index contributed by atoms with van der Waals surface area (Å²) in [6.45, 7) is 4.55. The summed E-state index contributed by atoms with van der Waals surface area (Å²) in [5.74, 6) is 0.307. The van der Waals surface area contributed by atoms with Crippen LogP contribution < -0.4 is 10.6 Å². The number of carbonyl (C=O) groups is 1. The minimum Gasteiger partial charge on any atom is -0.370 e. The van der Waals surface area contributed by atoms with E-state index in [-0.39, 0.29) is 5.91 Å². The van der Waals surface area contributed by atoms with Gasteiger partial charge in [0, 0.05) is 23.5 Å². The van der Waals surface area contributed by atoms with Gasteiger partial charge in [-0.3, -0.25) is 4.79 Å². The van der Waals surface area contributed by atoms with Crippen molar-refractivity contribution in [3.63, 3.8) is 0 Å². The van der Waals surface area contributed by atoms with Crippen LogP contribution >= 0.6 is 23.2 Å². The van der Waals surface area contributed by atoms with E-state index < -0.39 is 0 Å². The molecule has 0 spiro atoms. The van der Waals surface area contributed by atoms with Crippen molar-refractivity contribution in [2.24, 2.45) is 0 Å². The molecule has 2 aromatic rings. The molecule has 1 aromatic heterocycles. The number of aryl methyl sites for hydroxylation is 1. The van der Waals surface area contributed by atoms with Crippen LogP contribution in [0.25, 0.3) is 0 Å². The Bertz CT molecular complexity index is 674. The zero-order valence-corrected chi connectivity index (χ0v) is 13.2. The predicted molar refractivity (Wildman–Crippen MR) is 87.6 cm³/mol. The molecule has 0 bridgehead atoms. The molecule has 21 heavy (non-hydrogen) atoms. The van der Waals surface area contributed by atoms with Crippen molar-refractivity contribution in [2.75, 3.05) is 17.2 Å². The first-order chi connectivity index (χ1) is 10.0. The van der Waals surface area contributed by atoms with Gasteiger partial charge in [0.2, 0.25) is 0 Å². The summed E-state index contributed by atoms with van der Waals surface area (Å²) in [6, 6.07) is 6.95. The largest absolute Gasteiger partial charge is 0.370 e. The number of hydrogen-bond donors (Lipinski definition) is 2. The Morgan fingerprint density at radius 3 is 2.76 bits per heavy atom. The van der Waals surface area contributed by atoms with Gasteiger partial charge < -0.3 is 10.6 Å². The van der Waals surface area contributed by atoms with Crippen molar-refractivity contribution in [2.45, 2.75) is 13.8 Å². The standard InChI is InChI=1S/C15H15Cl2N3O/c1-3-18-14-7-11(12(17)8-19-14)15(21)20-13-6-10(16)5-4-9(13)2/h4-8H,3H2,1-2H3,(H,18,19)(H,20,21). The van der Waals surface area contributed by atoms with Crippen LogP contribution in [0, 0.1) is 6.92 Å². The van der Waals surface area contributed by atoms with Crippen LogP contribution in [0.15, 0.2) is 30.5 Å². The van der Waals surface area contributed by atoms with E-state index in [1.54, 1.807) is 18.2 Å². The van der Waals surface area contributed by atoms with Gasteiger partial charge >= 0.3 is 0 Å². The summed E-state index contributed by atoms with van der Waals surface area (Å²) in [5, 5.41) is 6.72. The molecule has 0 radical (unpaired) electrons.